The van der Waals surface area contributed by atoms with Crippen LogP contribution < -0.4 is 10.6 Å². The summed E-state index contributed by atoms with van der Waals surface area (Å²) in [6, 6.07) is 16.2. The molecule has 6 heteroatoms. The fourth-order valence-electron chi connectivity index (χ4n) is 3.01. The Morgan fingerprint density at radius 2 is 1.72 bits per heavy atom. The summed E-state index contributed by atoms with van der Waals surface area (Å²) in [5.74, 6) is -0.201. The van der Waals surface area contributed by atoms with Crippen molar-refractivity contribution in [2.24, 2.45) is 0 Å². The van der Waals surface area contributed by atoms with Crippen molar-refractivity contribution in [2.75, 3.05) is 17.2 Å². The Labute approximate surface area is 169 Å². The van der Waals surface area contributed by atoms with Crippen LogP contribution in [0.5, 0.6) is 0 Å². The molecule has 0 saturated carbocycles. The SMILES string of the molecule is CCOC(=O)c1ccccc1Nc1cc(C(=O)Nc2cc(C)cc(C)c2)ccn1. The summed E-state index contributed by atoms with van der Waals surface area (Å²) in [4.78, 5) is 29.1. The Hall–Kier alpha value is -3.67. The number of benzene rings is 2. The van der Waals surface area contributed by atoms with E-state index >= 15 is 0 Å². The average Bonchev–Trinajstić information content (AvgIpc) is 2.68. The van der Waals surface area contributed by atoms with Crippen molar-refractivity contribution in [3.63, 3.8) is 0 Å². The monoisotopic (exact) mass is 389 g/mol. The van der Waals surface area contributed by atoms with E-state index in [4.69, 9.17) is 4.74 Å². The number of aromatic nitrogens is 1. The van der Waals surface area contributed by atoms with E-state index in [2.05, 4.69) is 15.6 Å². The molecular formula is C23H23N3O3. The molecule has 148 valence electrons. The molecule has 0 saturated heterocycles. The highest BCUT2D eigenvalue weighted by molar-refractivity contribution is 6.05. The number of rotatable bonds is 6. The normalized spacial score (nSPS) is 10.3. The second-order valence-corrected chi connectivity index (χ2v) is 6.65. The standard InChI is InChI=1S/C23H23N3O3/c1-4-29-23(28)19-7-5-6-8-20(19)26-21-14-17(9-10-24-21)22(27)25-18-12-15(2)11-16(3)13-18/h5-14H,4H2,1-3H3,(H,24,26)(H,25,27). The lowest BCUT2D eigenvalue weighted by Gasteiger charge is -2.12. The smallest absolute Gasteiger partial charge is 0.340 e. The minimum Gasteiger partial charge on any atom is -0.462 e. The fraction of sp³-hybridized carbons (Fsp3) is 0.174. The van der Waals surface area contributed by atoms with Crippen molar-refractivity contribution in [2.45, 2.75) is 20.8 Å². The zero-order chi connectivity index (χ0) is 20.8. The third-order valence-corrected chi connectivity index (χ3v) is 4.19. The highest BCUT2D eigenvalue weighted by Crippen LogP contribution is 2.22. The molecule has 0 fully saturated rings. The molecule has 0 spiro atoms. The molecule has 3 aromatic rings. The number of nitrogens with zero attached hydrogens (tertiary/aromatic N) is 1. The Kier molecular flexibility index (Phi) is 6.24. The van der Waals surface area contributed by atoms with Crippen molar-refractivity contribution < 1.29 is 14.3 Å². The second kappa shape index (κ2) is 9.01. The molecule has 1 aromatic heterocycles. The first-order chi connectivity index (χ1) is 14.0. The van der Waals surface area contributed by atoms with Gasteiger partial charge in [0, 0.05) is 17.4 Å². The molecule has 2 aromatic carbocycles. The summed E-state index contributed by atoms with van der Waals surface area (Å²) in [5.41, 5.74) is 4.31. The van der Waals surface area contributed by atoms with Crippen LogP contribution in [-0.4, -0.2) is 23.5 Å². The van der Waals surface area contributed by atoms with E-state index in [1.165, 1.54) is 0 Å². The Bertz CT molecular complexity index is 1030. The van der Waals surface area contributed by atoms with Gasteiger partial charge in [-0.05, 0) is 68.3 Å². The number of ether oxygens (including phenoxy) is 1. The second-order valence-electron chi connectivity index (χ2n) is 6.65. The van der Waals surface area contributed by atoms with Gasteiger partial charge >= 0.3 is 5.97 Å². The maximum Gasteiger partial charge on any atom is 0.340 e. The van der Waals surface area contributed by atoms with Crippen molar-refractivity contribution >= 4 is 29.1 Å². The Balaban J connectivity index is 1.80. The highest BCUT2D eigenvalue weighted by atomic mass is 16.5. The van der Waals surface area contributed by atoms with E-state index < -0.39 is 5.97 Å². The van der Waals surface area contributed by atoms with Crippen LogP contribution in [0.3, 0.4) is 0 Å². The van der Waals surface area contributed by atoms with E-state index in [1.807, 2.05) is 38.1 Å². The number of carbonyl (C=O) groups excluding carboxylic acids is 2. The molecule has 0 radical (unpaired) electrons. The van der Waals surface area contributed by atoms with Gasteiger partial charge in [0.05, 0.1) is 17.9 Å². The Morgan fingerprint density at radius 1 is 1.00 bits per heavy atom. The topological polar surface area (TPSA) is 80.3 Å². The minimum absolute atomic E-state index is 0.237. The van der Waals surface area contributed by atoms with Crippen molar-refractivity contribution in [1.29, 1.82) is 0 Å². The number of nitrogens with one attached hydrogen (secondary N) is 2. The summed E-state index contributed by atoms with van der Waals surface area (Å²) in [6.45, 7) is 6.02. The highest BCUT2D eigenvalue weighted by Gasteiger charge is 2.13. The molecule has 0 atom stereocenters. The third-order valence-electron chi connectivity index (χ3n) is 4.19. The maximum atomic E-state index is 12.7. The number of pyridine rings is 1. The summed E-state index contributed by atoms with van der Waals surface area (Å²) >= 11 is 0. The first-order valence-electron chi connectivity index (χ1n) is 9.35. The molecule has 3 rings (SSSR count). The maximum absolute atomic E-state index is 12.7. The van der Waals surface area contributed by atoms with Crippen molar-refractivity contribution in [3.8, 4) is 0 Å². The molecule has 0 unspecified atom stereocenters. The Morgan fingerprint density at radius 3 is 2.45 bits per heavy atom. The van der Waals surface area contributed by atoms with Crippen molar-refractivity contribution in [3.05, 3.63) is 83.0 Å². The molecule has 0 aliphatic rings. The van der Waals surface area contributed by atoms with Crippen LogP contribution >= 0.6 is 0 Å². The largest absolute Gasteiger partial charge is 0.462 e. The number of para-hydroxylation sites is 1. The van der Waals surface area contributed by atoms with Crippen LogP contribution in [0, 0.1) is 13.8 Å². The van der Waals surface area contributed by atoms with Gasteiger partial charge in [-0.1, -0.05) is 18.2 Å². The van der Waals surface area contributed by atoms with Crippen LogP contribution in [0.4, 0.5) is 17.2 Å². The third kappa shape index (κ3) is 5.19. The zero-order valence-corrected chi connectivity index (χ0v) is 16.7. The lowest BCUT2D eigenvalue weighted by atomic mass is 10.1. The molecule has 2 N–H and O–H groups in total. The van der Waals surface area contributed by atoms with Gasteiger partial charge < -0.3 is 15.4 Å². The lowest BCUT2D eigenvalue weighted by Crippen LogP contribution is -2.13. The minimum atomic E-state index is -0.417. The van der Waals surface area contributed by atoms with Gasteiger partial charge in [-0.3, -0.25) is 4.79 Å². The summed E-state index contributed by atoms with van der Waals surface area (Å²) in [5, 5.41) is 6.01. The van der Waals surface area contributed by atoms with E-state index in [0.717, 1.165) is 16.8 Å². The van der Waals surface area contributed by atoms with Gasteiger partial charge in [0.2, 0.25) is 0 Å². The van der Waals surface area contributed by atoms with Crippen LogP contribution in [0.2, 0.25) is 0 Å². The molecule has 0 aliphatic carbocycles. The lowest BCUT2D eigenvalue weighted by molar-refractivity contribution is 0.0527. The van der Waals surface area contributed by atoms with Gasteiger partial charge in [0.25, 0.3) is 5.91 Å². The molecular weight excluding hydrogens is 366 g/mol. The summed E-state index contributed by atoms with van der Waals surface area (Å²) in [7, 11) is 0. The first kappa shape index (κ1) is 20.1. The number of aryl methyl sites for hydroxylation is 2. The number of hydrogen-bond acceptors (Lipinski definition) is 5. The van der Waals surface area contributed by atoms with Crippen LogP contribution in [0.15, 0.2) is 60.8 Å². The van der Waals surface area contributed by atoms with Gasteiger partial charge in [0.1, 0.15) is 5.82 Å². The number of hydrogen-bond donors (Lipinski definition) is 2. The quantitative estimate of drug-likeness (QED) is 0.588. The molecule has 6 nitrogen and oxygen atoms in total. The zero-order valence-electron chi connectivity index (χ0n) is 16.7. The predicted octanol–water partition coefficient (Wildman–Crippen LogP) is 4.87. The van der Waals surface area contributed by atoms with Crippen LogP contribution in [0.25, 0.3) is 0 Å². The fourth-order valence-corrected chi connectivity index (χ4v) is 3.01. The first-order valence-corrected chi connectivity index (χ1v) is 9.35. The average molecular weight is 389 g/mol. The molecule has 0 aliphatic heterocycles. The van der Waals surface area contributed by atoms with Gasteiger partial charge in [-0.25, -0.2) is 9.78 Å². The van der Waals surface area contributed by atoms with Gasteiger partial charge in [-0.15, -0.1) is 0 Å². The summed E-state index contributed by atoms with van der Waals surface area (Å²) < 4.78 is 5.09. The molecule has 1 amide bonds. The van der Waals surface area contributed by atoms with E-state index in [1.54, 1.807) is 43.5 Å². The van der Waals surface area contributed by atoms with Crippen LogP contribution in [0.1, 0.15) is 38.8 Å². The van der Waals surface area contributed by atoms with Crippen LogP contribution in [-0.2, 0) is 4.74 Å². The van der Waals surface area contributed by atoms with Gasteiger partial charge in [-0.2, -0.15) is 0 Å². The van der Waals surface area contributed by atoms with Gasteiger partial charge in [0.15, 0.2) is 0 Å². The van der Waals surface area contributed by atoms with Crippen molar-refractivity contribution in [1.82, 2.24) is 4.98 Å². The number of carbonyl (C=O) groups is 2. The molecule has 1 heterocycles. The number of esters is 1. The van der Waals surface area contributed by atoms with E-state index in [9.17, 15) is 9.59 Å². The predicted molar refractivity (Wildman–Crippen MR) is 114 cm³/mol. The molecule has 29 heavy (non-hydrogen) atoms. The van der Waals surface area contributed by atoms with E-state index in [0.29, 0.717) is 29.2 Å². The number of anilines is 3. The summed E-state index contributed by atoms with van der Waals surface area (Å²) in [6.07, 6.45) is 1.55. The molecule has 0 bridgehead atoms. The van der Waals surface area contributed by atoms with E-state index in [-0.39, 0.29) is 5.91 Å². The number of amides is 1.